The summed E-state index contributed by atoms with van der Waals surface area (Å²) in [5.41, 5.74) is 3.08. The largest absolute Gasteiger partial charge is 0.497 e. The molecule has 0 aliphatic carbocycles. The number of carbonyl (C=O) groups excluding carboxylic acids is 1. The van der Waals surface area contributed by atoms with Gasteiger partial charge in [0.2, 0.25) is 10.0 Å². The summed E-state index contributed by atoms with van der Waals surface area (Å²) in [5, 5.41) is 3.63. The van der Waals surface area contributed by atoms with Crippen LogP contribution in [0.1, 0.15) is 21.6 Å². The van der Waals surface area contributed by atoms with Crippen LogP contribution in [0.2, 0.25) is 0 Å². The highest BCUT2D eigenvalue weighted by Gasteiger charge is 2.21. The predicted octanol–water partition coefficient (Wildman–Crippen LogP) is 3.27. The van der Waals surface area contributed by atoms with Gasteiger partial charge < -0.3 is 14.6 Å². The van der Waals surface area contributed by atoms with Gasteiger partial charge in [-0.15, -0.1) is 0 Å². The van der Waals surface area contributed by atoms with E-state index in [2.05, 4.69) is 10.3 Å². The Morgan fingerprint density at radius 3 is 2.50 bits per heavy atom. The van der Waals surface area contributed by atoms with E-state index in [0.717, 1.165) is 16.6 Å². The number of amides is 1. The van der Waals surface area contributed by atoms with Crippen LogP contribution in [0.25, 0.3) is 10.9 Å². The number of nitrogens with one attached hydrogen (secondary N) is 1. The fourth-order valence-corrected chi connectivity index (χ4v) is 4.64. The first-order valence-electron chi connectivity index (χ1n) is 10.7. The SMILES string of the molecule is COc1cccc(CNC(=O)c2cc3cc(S(=O)(=O)N(C)C)ccc3n2Cc2ccncc2)c1. The number of methoxy groups -OCH3 is 1. The van der Waals surface area contributed by atoms with Crippen LogP contribution in [-0.2, 0) is 23.1 Å². The summed E-state index contributed by atoms with van der Waals surface area (Å²) < 4.78 is 33.6. The molecule has 4 aromatic rings. The summed E-state index contributed by atoms with van der Waals surface area (Å²) in [6, 6.07) is 17.9. The standard InChI is InChI=1S/C25H26N4O4S/c1-28(2)34(31,32)22-7-8-23-20(14-22)15-24(29(23)17-18-9-11-26-12-10-18)25(30)27-16-19-5-4-6-21(13-19)33-3/h4-15H,16-17H2,1-3H3,(H,27,30). The first kappa shape index (κ1) is 23.5. The molecule has 0 fully saturated rings. The summed E-state index contributed by atoms with van der Waals surface area (Å²) in [5.74, 6) is 0.457. The Balaban J connectivity index is 1.72. The van der Waals surface area contributed by atoms with Gasteiger partial charge in [0.05, 0.1) is 12.0 Å². The third kappa shape index (κ3) is 4.80. The first-order valence-corrected chi connectivity index (χ1v) is 12.1. The molecular formula is C25H26N4O4S. The molecule has 0 aliphatic heterocycles. The zero-order chi connectivity index (χ0) is 24.3. The van der Waals surface area contributed by atoms with Crippen molar-refractivity contribution in [2.45, 2.75) is 18.0 Å². The van der Waals surface area contributed by atoms with Gasteiger partial charge in [-0.05, 0) is 59.7 Å². The van der Waals surface area contributed by atoms with Crippen molar-refractivity contribution in [1.82, 2.24) is 19.2 Å². The molecule has 8 nitrogen and oxygen atoms in total. The van der Waals surface area contributed by atoms with Crippen LogP contribution >= 0.6 is 0 Å². The van der Waals surface area contributed by atoms with Crippen molar-refractivity contribution < 1.29 is 17.9 Å². The van der Waals surface area contributed by atoms with Crippen LogP contribution in [0.4, 0.5) is 0 Å². The van der Waals surface area contributed by atoms with E-state index >= 15 is 0 Å². The molecule has 1 amide bonds. The van der Waals surface area contributed by atoms with Crippen molar-refractivity contribution in [3.8, 4) is 5.75 Å². The van der Waals surface area contributed by atoms with E-state index in [0.29, 0.717) is 29.9 Å². The predicted molar refractivity (Wildman–Crippen MR) is 130 cm³/mol. The van der Waals surface area contributed by atoms with Gasteiger partial charge >= 0.3 is 0 Å². The molecule has 4 rings (SSSR count). The van der Waals surface area contributed by atoms with Crippen molar-refractivity contribution in [1.29, 1.82) is 0 Å². The highest BCUT2D eigenvalue weighted by atomic mass is 32.2. The van der Waals surface area contributed by atoms with Crippen LogP contribution in [0.15, 0.2) is 78.0 Å². The van der Waals surface area contributed by atoms with Crippen molar-refractivity contribution in [2.75, 3.05) is 21.2 Å². The van der Waals surface area contributed by atoms with Gasteiger partial charge in [-0.1, -0.05) is 12.1 Å². The first-order chi connectivity index (χ1) is 16.3. The molecule has 2 heterocycles. The van der Waals surface area contributed by atoms with Crippen molar-refractivity contribution in [3.63, 3.8) is 0 Å². The minimum atomic E-state index is -3.60. The zero-order valence-electron chi connectivity index (χ0n) is 19.2. The molecule has 0 aliphatic rings. The highest BCUT2D eigenvalue weighted by molar-refractivity contribution is 7.89. The lowest BCUT2D eigenvalue weighted by Crippen LogP contribution is -2.25. The number of hydrogen-bond donors (Lipinski definition) is 1. The minimum absolute atomic E-state index is 0.175. The van der Waals surface area contributed by atoms with E-state index in [1.54, 1.807) is 43.8 Å². The fourth-order valence-electron chi connectivity index (χ4n) is 3.70. The second-order valence-corrected chi connectivity index (χ2v) is 10.2. The van der Waals surface area contributed by atoms with Gasteiger partial charge in [0, 0.05) is 50.5 Å². The number of rotatable bonds is 8. The number of hydrogen-bond acceptors (Lipinski definition) is 5. The Morgan fingerprint density at radius 2 is 1.79 bits per heavy atom. The number of carbonyl (C=O) groups is 1. The van der Waals surface area contributed by atoms with E-state index in [-0.39, 0.29) is 10.8 Å². The van der Waals surface area contributed by atoms with Crippen LogP contribution in [0, 0.1) is 0 Å². The Bertz CT molecular complexity index is 1430. The summed E-state index contributed by atoms with van der Waals surface area (Å²) in [6.45, 7) is 0.765. The molecule has 0 saturated heterocycles. The Hall–Kier alpha value is -3.69. The minimum Gasteiger partial charge on any atom is -0.497 e. The van der Waals surface area contributed by atoms with Crippen LogP contribution < -0.4 is 10.1 Å². The molecule has 176 valence electrons. The average molecular weight is 479 g/mol. The van der Waals surface area contributed by atoms with E-state index in [4.69, 9.17) is 4.74 Å². The second kappa shape index (κ2) is 9.66. The number of nitrogens with zero attached hydrogens (tertiary/aromatic N) is 3. The smallest absolute Gasteiger partial charge is 0.268 e. The molecule has 1 N–H and O–H groups in total. The number of ether oxygens (including phenoxy) is 1. The van der Waals surface area contributed by atoms with E-state index in [9.17, 15) is 13.2 Å². The lowest BCUT2D eigenvalue weighted by molar-refractivity contribution is 0.0942. The molecule has 2 aromatic carbocycles. The molecule has 34 heavy (non-hydrogen) atoms. The van der Waals surface area contributed by atoms with E-state index in [1.807, 2.05) is 41.0 Å². The number of aromatic nitrogens is 2. The Kier molecular flexibility index (Phi) is 6.67. The molecule has 9 heteroatoms. The van der Waals surface area contributed by atoms with Gasteiger partial charge in [-0.2, -0.15) is 0 Å². The lowest BCUT2D eigenvalue weighted by atomic mass is 10.2. The van der Waals surface area contributed by atoms with Gasteiger partial charge in [0.25, 0.3) is 5.91 Å². The summed E-state index contributed by atoms with van der Waals surface area (Å²) in [6.07, 6.45) is 3.40. The summed E-state index contributed by atoms with van der Waals surface area (Å²) >= 11 is 0. The van der Waals surface area contributed by atoms with Gasteiger partial charge in [-0.25, -0.2) is 12.7 Å². The van der Waals surface area contributed by atoms with E-state index in [1.165, 1.54) is 18.4 Å². The van der Waals surface area contributed by atoms with Crippen molar-refractivity contribution in [3.05, 3.63) is 89.9 Å². The Labute approximate surface area is 198 Å². The van der Waals surface area contributed by atoms with Crippen LogP contribution in [-0.4, -0.2) is 49.4 Å². The van der Waals surface area contributed by atoms with Gasteiger partial charge in [0.15, 0.2) is 0 Å². The third-order valence-electron chi connectivity index (χ3n) is 5.56. The topological polar surface area (TPSA) is 93.5 Å². The Morgan fingerprint density at radius 1 is 1.03 bits per heavy atom. The molecule has 0 saturated carbocycles. The molecular weight excluding hydrogens is 452 g/mol. The quantitative estimate of drug-likeness (QED) is 0.420. The summed E-state index contributed by atoms with van der Waals surface area (Å²) in [7, 11) is 0.980. The van der Waals surface area contributed by atoms with Gasteiger partial charge in [-0.3, -0.25) is 9.78 Å². The van der Waals surface area contributed by atoms with Crippen molar-refractivity contribution in [2.24, 2.45) is 0 Å². The fraction of sp³-hybridized carbons (Fsp3) is 0.200. The maximum absolute atomic E-state index is 13.2. The lowest BCUT2D eigenvalue weighted by Gasteiger charge is -2.13. The van der Waals surface area contributed by atoms with Crippen LogP contribution in [0.3, 0.4) is 0 Å². The van der Waals surface area contributed by atoms with E-state index < -0.39 is 10.0 Å². The average Bonchev–Trinajstić information content (AvgIpc) is 3.20. The second-order valence-electron chi connectivity index (χ2n) is 8.01. The molecule has 0 radical (unpaired) electrons. The summed E-state index contributed by atoms with van der Waals surface area (Å²) in [4.78, 5) is 17.5. The van der Waals surface area contributed by atoms with Crippen molar-refractivity contribution >= 4 is 26.8 Å². The maximum Gasteiger partial charge on any atom is 0.268 e. The van der Waals surface area contributed by atoms with Crippen LogP contribution in [0.5, 0.6) is 5.75 Å². The number of pyridine rings is 1. The normalized spacial score (nSPS) is 11.6. The molecule has 0 bridgehead atoms. The molecule has 0 spiro atoms. The number of benzene rings is 2. The van der Waals surface area contributed by atoms with Gasteiger partial charge in [0.1, 0.15) is 11.4 Å². The molecule has 2 aromatic heterocycles. The zero-order valence-corrected chi connectivity index (χ0v) is 20.0. The monoisotopic (exact) mass is 478 g/mol. The number of sulfonamides is 1. The molecule has 0 atom stereocenters. The maximum atomic E-state index is 13.2. The molecule has 0 unspecified atom stereocenters. The number of fused-ring (bicyclic) bond motifs is 1. The highest BCUT2D eigenvalue weighted by Crippen LogP contribution is 2.26. The third-order valence-corrected chi connectivity index (χ3v) is 7.37.